The van der Waals surface area contributed by atoms with Gasteiger partial charge < -0.3 is 20.3 Å². The number of fused-ring (bicyclic) bond motifs is 1. The summed E-state index contributed by atoms with van der Waals surface area (Å²) in [5.41, 5.74) is 12.5. The molecule has 34 heavy (non-hydrogen) atoms. The predicted molar refractivity (Wildman–Crippen MR) is 140 cm³/mol. The molecule has 0 saturated heterocycles. The molecule has 1 aromatic carbocycles. The number of nitrogens with two attached hydrogens (primary N) is 1. The standard InChI is InChI=1S/C28H39N5O/c1-20(11-12-34)18-33(25-10-8-7-9-23(29)15-25)19-24-17-30-26-14-22(16-28(3,4)32(5)6)21(2)13-27(26)31-24/h7-10,12-15,17,20,23H,11,16,18-19,29H2,1-6H3. The normalized spacial score (nSPS) is 17.1. The zero-order valence-corrected chi connectivity index (χ0v) is 21.5. The van der Waals surface area contributed by atoms with Crippen molar-refractivity contribution in [1.29, 1.82) is 0 Å². The number of carbonyl (C=O) groups excluding carboxylic acids is 1. The zero-order chi connectivity index (χ0) is 24.9. The van der Waals surface area contributed by atoms with Crippen molar-refractivity contribution in [3.63, 3.8) is 0 Å². The van der Waals surface area contributed by atoms with Crippen LogP contribution in [0.4, 0.5) is 0 Å². The van der Waals surface area contributed by atoms with Crippen LogP contribution in [0.3, 0.4) is 0 Å². The number of allylic oxidation sites excluding steroid dienone is 3. The van der Waals surface area contributed by atoms with Crippen molar-refractivity contribution in [3.05, 3.63) is 71.2 Å². The van der Waals surface area contributed by atoms with Crippen LogP contribution in [0.1, 0.15) is 44.0 Å². The molecule has 2 N–H and O–H groups in total. The highest BCUT2D eigenvalue weighted by Gasteiger charge is 2.22. The number of carbonyl (C=O) groups is 1. The van der Waals surface area contributed by atoms with Crippen LogP contribution in [-0.2, 0) is 17.8 Å². The highest BCUT2D eigenvalue weighted by Crippen LogP contribution is 2.24. The fourth-order valence-corrected chi connectivity index (χ4v) is 4.07. The summed E-state index contributed by atoms with van der Waals surface area (Å²) in [6.45, 7) is 10.1. The molecule has 3 rings (SSSR count). The molecule has 6 heteroatoms. The van der Waals surface area contributed by atoms with Gasteiger partial charge in [-0.25, -0.2) is 4.98 Å². The molecule has 0 amide bonds. The molecule has 0 saturated carbocycles. The van der Waals surface area contributed by atoms with Gasteiger partial charge in [0.15, 0.2) is 0 Å². The Hall–Kier alpha value is -2.83. The second kappa shape index (κ2) is 11.1. The van der Waals surface area contributed by atoms with Gasteiger partial charge >= 0.3 is 0 Å². The Morgan fingerprint density at radius 2 is 1.97 bits per heavy atom. The van der Waals surface area contributed by atoms with Gasteiger partial charge in [0.05, 0.1) is 29.5 Å². The fourth-order valence-electron chi connectivity index (χ4n) is 4.07. The Labute approximate surface area is 204 Å². The summed E-state index contributed by atoms with van der Waals surface area (Å²) >= 11 is 0. The third kappa shape index (κ3) is 6.61. The average Bonchev–Trinajstić information content (AvgIpc) is 2.98. The lowest BCUT2D eigenvalue weighted by Gasteiger charge is -2.33. The number of aldehydes is 1. The van der Waals surface area contributed by atoms with Gasteiger partial charge in [-0.1, -0.05) is 25.2 Å². The predicted octanol–water partition coefficient (Wildman–Crippen LogP) is 4.19. The molecule has 0 spiro atoms. The first-order valence-corrected chi connectivity index (χ1v) is 12.0. The van der Waals surface area contributed by atoms with Gasteiger partial charge in [-0.15, -0.1) is 0 Å². The summed E-state index contributed by atoms with van der Waals surface area (Å²) in [4.78, 5) is 25.3. The van der Waals surface area contributed by atoms with Crippen LogP contribution < -0.4 is 5.73 Å². The van der Waals surface area contributed by atoms with Crippen molar-refractivity contribution in [3.8, 4) is 0 Å². The van der Waals surface area contributed by atoms with E-state index in [4.69, 9.17) is 15.7 Å². The molecule has 0 aliphatic heterocycles. The van der Waals surface area contributed by atoms with Crippen LogP contribution in [0, 0.1) is 12.8 Å². The first-order valence-electron chi connectivity index (χ1n) is 12.0. The maximum absolute atomic E-state index is 11.1. The summed E-state index contributed by atoms with van der Waals surface area (Å²) in [6, 6.07) is 4.18. The molecule has 1 aliphatic rings. The first kappa shape index (κ1) is 25.8. The summed E-state index contributed by atoms with van der Waals surface area (Å²) < 4.78 is 0. The summed E-state index contributed by atoms with van der Waals surface area (Å²) in [5, 5.41) is 0. The smallest absolute Gasteiger partial charge is 0.120 e. The highest BCUT2D eigenvalue weighted by molar-refractivity contribution is 5.76. The van der Waals surface area contributed by atoms with Crippen LogP contribution >= 0.6 is 0 Å². The van der Waals surface area contributed by atoms with E-state index < -0.39 is 0 Å². The van der Waals surface area contributed by atoms with Crippen molar-refractivity contribution in [2.75, 3.05) is 20.6 Å². The number of nitrogens with zero attached hydrogens (tertiary/aromatic N) is 4. The Morgan fingerprint density at radius 3 is 2.68 bits per heavy atom. The number of aryl methyl sites for hydroxylation is 1. The van der Waals surface area contributed by atoms with Crippen LogP contribution in [-0.4, -0.2) is 58.3 Å². The van der Waals surface area contributed by atoms with Crippen LogP contribution in [0.25, 0.3) is 11.0 Å². The minimum atomic E-state index is -0.149. The van der Waals surface area contributed by atoms with Crippen LogP contribution in [0.15, 0.2) is 54.4 Å². The lowest BCUT2D eigenvalue weighted by molar-refractivity contribution is -0.108. The van der Waals surface area contributed by atoms with E-state index in [1.165, 1.54) is 11.1 Å². The molecule has 1 heterocycles. The molecule has 2 atom stereocenters. The molecule has 0 radical (unpaired) electrons. The summed E-state index contributed by atoms with van der Waals surface area (Å²) in [5.74, 6) is 0.220. The third-order valence-corrected chi connectivity index (χ3v) is 6.71. The third-order valence-electron chi connectivity index (χ3n) is 6.71. The molecule has 2 unspecified atom stereocenters. The molecule has 1 aliphatic carbocycles. The van der Waals surface area contributed by atoms with Gasteiger partial charge in [-0.2, -0.15) is 0 Å². The van der Waals surface area contributed by atoms with E-state index >= 15 is 0 Å². The van der Waals surface area contributed by atoms with E-state index in [0.29, 0.717) is 13.0 Å². The van der Waals surface area contributed by atoms with E-state index in [2.05, 4.69) is 69.8 Å². The SMILES string of the molecule is Cc1cc2nc(CN(CC(C)CC=O)C3=CC(N)C=CC=C3)cnc2cc1CC(C)(C)N(C)C. The number of likely N-dealkylation sites (N-methyl/N-ethyl adjacent to an activating group) is 1. The number of rotatable bonds is 10. The Balaban J connectivity index is 1.89. The van der Waals surface area contributed by atoms with Crippen molar-refractivity contribution in [2.45, 2.75) is 58.7 Å². The van der Waals surface area contributed by atoms with E-state index in [1.54, 1.807) is 0 Å². The lowest BCUT2D eigenvalue weighted by Crippen LogP contribution is -2.40. The molecule has 6 nitrogen and oxygen atoms in total. The van der Waals surface area contributed by atoms with Gasteiger partial charge in [-0.05, 0) is 82.6 Å². The van der Waals surface area contributed by atoms with Crippen LogP contribution in [0.2, 0.25) is 0 Å². The second-order valence-corrected chi connectivity index (χ2v) is 10.3. The van der Waals surface area contributed by atoms with Gasteiger partial charge in [0.25, 0.3) is 0 Å². The number of aromatic nitrogens is 2. The molecular formula is C28H39N5O. The van der Waals surface area contributed by atoms with Crippen molar-refractivity contribution < 1.29 is 4.79 Å². The number of hydrogen-bond donors (Lipinski definition) is 1. The largest absolute Gasteiger partial charge is 0.365 e. The van der Waals surface area contributed by atoms with E-state index in [0.717, 1.165) is 41.7 Å². The first-order chi connectivity index (χ1) is 16.1. The fraction of sp³-hybridized carbons (Fsp3) is 0.464. The Morgan fingerprint density at radius 1 is 1.21 bits per heavy atom. The second-order valence-electron chi connectivity index (χ2n) is 10.3. The van der Waals surface area contributed by atoms with Crippen molar-refractivity contribution >= 4 is 17.3 Å². The lowest BCUT2D eigenvalue weighted by atomic mass is 9.91. The maximum Gasteiger partial charge on any atom is 0.120 e. The number of hydrogen-bond acceptors (Lipinski definition) is 6. The molecular weight excluding hydrogens is 422 g/mol. The molecule has 2 aromatic rings. The Kier molecular flexibility index (Phi) is 8.39. The van der Waals surface area contributed by atoms with Gasteiger partial charge in [0.2, 0.25) is 0 Å². The quantitative estimate of drug-likeness (QED) is 0.535. The molecule has 1 aromatic heterocycles. The van der Waals surface area contributed by atoms with Crippen molar-refractivity contribution in [1.82, 2.24) is 19.8 Å². The van der Waals surface area contributed by atoms with Gasteiger partial charge in [-0.3, -0.25) is 4.98 Å². The number of benzene rings is 1. The van der Waals surface area contributed by atoms with Crippen LogP contribution in [0.5, 0.6) is 0 Å². The minimum Gasteiger partial charge on any atom is -0.365 e. The monoisotopic (exact) mass is 461 g/mol. The van der Waals surface area contributed by atoms with E-state index in [-0.39, 0.29) is 17.5 Å². The van der Waals surface area contributed by atoms with Crippen molar-refractivity contribution in [2.24, 2.45) is 11.7 Å². The summed E-state index contributed by atoms with van der Waals surface area (Å²) in [6.07, 6.45) is 14.4. The topological polar surface area (TPSA) is 75.3 Å². The highest BCUT2D eigenvalue weighted by atomic mass is 16.1. The maximum atomic E-state index is 11.1. The average molecular weight is 462 g/mol. The van der Waals surface area contributed by atoms with E-state index in [1.807, 2.05) is 30.5 Å². The molecule has 182 valence electrons. The zero-order valence-electron chi connectivity index (χ0n) is 21.5. The van der Waals surface area contributed by atoms with E-state index in [9.17, 15) is 4.79 Å². The summed E-state index contributed by atoms with van der Waals surface area (Å²) in [7, 11) is 4.23. The Bertz CT molecular complexity index is 1100. The molecule has 0 bridgehead atoms. The van der Waals surface area contributed by atoms with Gasteiger partial charge in [0, 0.05) is 30.2 Å². The van der Waals surface area contributed by atoms with Gasteiger partial charge in [0.1, 0.15) is 6.29 Å². The minimum absolute atomic E-state index is 0.0557. The molecule has 0 fully saturated rings.